The predicted octanol–water partition coefficient (Wildman–Crippen LogP) is 5.84. The molecule has 1 atom stereocenters. The summed E-state index contributed by atoms with van der Waals surface area (Å²) in [6, 6.07) is 20.3. The number of thiazole rings is 1. The molecule has 0 radical (unpaired) electrons. The molecule has 0 bridgehead atoms. The Morgan fingerprint density at radius 1 is 1.04 bits per heavy atom. The lowest BCUT2D eigenvalue weighted by atomic mass is 9.95. The molecule has 8 nitrogen and oxygen atoms in total. The molecule has 45 heavy (non-hydrogen) atoms. The van der Waals surface area contributed by atoms with E-state index in [1.165, 1.54) is 11.3 Å². The number of amides is 1. The minimum Gasteiger partial charge on any atom is -0.497 e. The van der Waals surface area contributed by atoms with Gasteiger partial charge in [-0.3, -0.25) is 14.2 Å². The van der Waals surface area contributed by atoms with Gasteiger partial charge < -0.3 is 14.6 Å². The summed E-state index contributed by atoms with van der Waals surface area (Å²) in [6.07, 6.45) is 1.88. The highest BCUT2D eigenvalue weighted by Crippen LogP contribution is 2.34. The maximum Gasteiger partial charge on any atom is 0.271 e. The number of nitriles is 1. The zero-order valence-electron chi connectivity index (χ0n) is 25.8. The predicted molar refractivity (Wildman–Crippen MR) is 179 cm³/mol. The molecule has 0 spiro atoms. The first kappa shape index (κ1) is 30.1. The second-order valence-corrected chi connectivity index (χ2v) is 13.1. The Kier molecular flexibility index (Phi) is 7.91. The van der Waals surface area contributed by atoms with Crippen LogP contribution in [0.1, 0.15) is 51.5 Å². The Hall–Kier alpha value is -4.98. The third-order valence-electron chi connectivity index (χ3n) is 8.15. The molecule has 226 valence electrons. The quantitative estimate of drug-likeness (QED) is 0.254. The van der Waals surface area contributed by atoms with Gasteiger partial charge in [0, 0.05) is 22.0 Å². The number of hydrogen-bond donors (Lipinski definition) is 1. The molecule has 2 aromatic carbocycles. The van der Waals surface area contributed by atoms with Gasteiger partial charge in [-0.25, -0.2) is 4.99 Å². The average Bonchev–Trinajstić information content (AvgIpc) is 3.60. The van der Waals surface area contributed by atoms with Gasteiger partial charge in [-0.2, -0.15) is 5.26 Å². The Morgan fingerprint density at radius 3 is 2.51 bits per heavy atom. The van der Waals surface area contributed by atoms with Gasteiger partial charge >= 0.3 is 0 Å². The number of aromatic nitrogens is 2. The van der Waals surface area contributed by atoms with Crippen LogP contribution in [0.5, 0.6) is 5.75 Å². The molecule has 4 heterocycles. The molecule has 6 rings (SSSR count). The van der Waals surface area contributed by atoms with E-state index in [1.807, 2.05) is 94.4 Å². The molecular formula is C35H31N5O3S2. The first-order valence-corrected chi connectivity index (χ1v) is 16.0. The standard InChI is InChI=1S/C35H31N5O3S2/c1-19-15-25(22(4)39(19)34-28(18-36)20(2)23(5)44-34)17-29-33(42)40-31(24-11-10-14-27(16-24)43-6)30(21(3)37-35(40)45-29)32(41)38-26-12-8-7-9-13-26/h7-17,31H,1-6H3,(H,38,41)/b29-17+/t31-/m0/s1. The van der Waals surface area contributed by atoms with E-state index in [9.17, 15) is 14.9 Å². The van der Waals surface area contributed by atoms with Gasteiger partial charge in [0.1, 0.15) is 16.8 Å². The smallest absolute Gasteiger partial charge is 0.271 e. The van der Waals surface area contributed by atoms with Crippen LogP contribution in [0.15, 0.2) is 81.7 Å². The van der Waals surface area contributed by atoms with Crippen LogP contribution in [0.3, 0.4) is 0 Å². The fraction of sp³-hybridized carbons (Fsp3) is 0.200. The van der Waals surface area contributed by atoms with E-state index in [2.05, 4.69) is 16.0 Å². The Balaban J connectivity index is 1.51. The SMILES string of the molecule is COc1cccc([C@H]2C(C(=O)Nc3ccccc3)=C(C)N=c3s/c(=C/c4cc(C)n(-c5sc(C)c(C)c5C#N)c4C)c(=O)n32)c1. The number of ether oxygens (including phenoxy) is 1. The van der Waals surface area contributed by atoms with Crippen molar-refractivity contribution in [3.63, 3.8) is 0 Å². The zero-order chi connectivity index (χ0) is 32.0. The molecule has 0 fully saturated rings. The number of aryl methyl sites for hydroxylation is 2. The number of carbonyl (C=O) groups is 1. The average molecular weight is 634 g/mol. The van der Waals surface area contributed by atoms with Crippen LogP contribution in [-0.4, -0.2) is 22.2 Å². The van der Waals surface area contributed by atoms with E-state index in [0.29, 0.717) is 37.6 Å². The number of allylic oxidation sites excluding steroid dienone is 1. The molecule has 0 saturated carbocycles. The van der Waals surface area contributed by atoms with Crippen LogP contribution < -0.4 is 24.9 Å². The number of fused-ring (bicyclic) bond motifs is 1. The second-order valence-electron chi connectivity index (χ2n) is 10.9. The number of methoxy groups -OCH3 is 1. The largest absolute Gasteiger partial charge is 0.497 e. The van der Waals surface area contributed by atoms with Crippen molar-refractivity contribution >= 4 is 40.3 Å². The lowest BCUT2D eigenvalue weighted by molar-refractivity contribution is -0.113. The summed E-state index contributed by atoms with van der Waals surface area (Å²) in [7, 11) is 1.59. The molecule has 1 amide bonds. The zero-order valence-corrected chi connectivity index (χ0v) is 27.4. The van der Waals surface area contributed by atoms with Crippen LogP contribution in [-0.2, 0) is 4.79 Å². The van der Waals surface area contributed by atoms with Crippen molar-refractivity contribution in [2.24, 2.45) is 4.99 Å². The van der Waals surface area contributed by atoms with Gasteiger partial charge in [0.05, 0.1) is 34.5 Å². The molecule has 1 N–H and O–H groups in total. The van der Waals surface area contributed by atoms with E-state index in [0.717, 1.165) is 38.0 Å². The number of hydrogen-bond acceptors (Lipinski definition) is 7. The number of carbonyl (C=O) groups excluding carboxylic acids is 1. The number of para-hydroxylation sites is 1. The topological polar surface area (TPSA) is 101 Å². The molecular weight excluding hydrogens is 603 g/mol. The lowest BCUT2D eigenvalue weighted by Gasteiger charge is -2.25. The van der Waals surface area contributed by atoms with Crippen LogP contribution in [0.4, 0.5) is 5.69 Å². The fourth-order valence-electron chi connectivity index (χ4n) is 5.74. The highest BCUT2D eigenvalue weighted by molar-refractivity contribution is 7.15. The Bertz CT molecular complexity index is 2240. The first-order valence-electron chi connectivity index (χ1n) is 14.3. The van der Waals surface area contributed by atoms with Crippen molar-refractivity contribution in [3.05, 3.63) is 130 Å². The normalized spacial score (nSPS) is 14.6. The minimum absolute atomic E-state index is 0.241. The first-order chi connectivity index (χ1) is 21.6. The highest BCUT2D eigenvalue weighted by Gasteiger charge is 2.33. The summed E-state index contributed by atoms with van der Waals surface area (Å²) in [6.45, 7) is 9.79. The van der Waals surface area contributed by atoms with Gasteiger partial charge in [-0.15, -0.1) is 11.3 Å². The number of benzene rings is 2. The molecule has 0 aliphatic carbocycles. The van der Waals surface area contributed by atoms with Gasteiger partial charge in [0.2, 0.25) is 0 Å². The molecule has 1 aliphatic rings. The highest BCUT2D eigenvalue weighted by atomic mass is 32.1. The number of anilines is 1. The molecule has 1 aliphatic heterocycles. The number of nitrogens with one attached hydrogen (secondary N) is 1. The fourth-order valence-corrected chi connectivity index (χ4v) is 8.00. The summed E-state index contributed by atoms with van der Waals surface area (Å²) < 4.78 is 9.69. The van der Waals surface area contributed by atoms with E-state index >= 15 is 0 Å². The van der Waals surface area contributed by atoms with Crippen molar-refractivity contribution in [1.82, 2.24) is 9.13 Å². The van der Waals surface area contributed by atoms with Gasteiger partial charge in [0.25, 0.3) is 11.5 Å². The monoisotopic (exact) mass is 633 g/mol. The van der Waals surface area contributed by atoms with Crippen molar-refractivity contribution in [1.29, 1.82) is 5.26 Å². The van der Waals surface area contributed by atoms with Crippen molar-refractivity contribution < 1.29 is 9.53 Å². The molecule has 10 heteroatoms. The van der Waals surface area contributed by atoms with E-state index in [1.54, 1.807) is 29.9 Å². The lowest BCUT2D eigenvalue weighted by Crippen LogP contribution is -2.40. The van der Waals surface area contributed by atoms with Gasteiger partial charge in [-0.1, -0.05) is 41.7 Å². The number of rotatable bonds is 6. The summed E-state index contributed by atoms with van der Waals surface area (Å²) in [5.74, 6) is 0.290. The van der Waals surface area contributed by atoms with E-state index in [4.69, 9.17) is 9.73 Å². The maximum absolute atomic E-state index is 14.3. The number of nitrogens with zero attached hydrogens (tertiary/aromatic N) is 4. The summed E-state index contributed by atoms with van der Waals surface area (Å²) in [5, 5.41) is 13.7. The van der Waals surface area contributed by atoms with Crippen molar-refractivity contribution in [2.75, 3.05) is 12.4 Å². The molecule has 0 unspecified atom stereocenters. The third kappa shape index (κ3) is 5.24. The van der Waals surface area contributed by atoms with E-state index < -0.39 is 6.04 Å². The minimum atomic E-state index is -0.718. The van der Waals surface area contributed by atoms with Crippen LogP contribution >= 0.6 is 22.7 Å². The van der Waals surface area contributed by atoms with Gasteiger partial charge in [0.15, 0.2) is 4.80 Å². The van der Waals surface area contributed by atoms with Crippen molar-refractivity contribution in [2.45, 2.75) is 40.7 Å². The summed E-state index contributed by atoms with van der Waals surface area (Å²) >= 11 is 2.88. The summed E-state index contributed by atoms with van der Waals surface area (Å²) in [5.41, 5.74) is 6.49. The van der Waals surface area contributed by atoms with Gasteiger partial charge in [-0.05, 0) is 87.7 Å². The molecule has 0 saturated heterocycles. The van der Waals surface area contributed by atoms with Crippen molar-refractivity contribution in [3.8, 4) is 16.8 Å². The van der Waals surface area contributed by atoms with Crippen LogP contribution in [0, 0.1) is 39.0 Å². The second kappa shape index (κ2) is 11.8. The van der Waals surface area contributed by atoms with E-state index in [-0.39, 0.29) is 11.5 Å². The summed E-state index contributed by atoms with van der Waals surface area (Å²) in [4.78, 5) is 34.5. The molecule has 3 aromatic heterocycles. The maximum atomic E-state index is 14.3. The number of thiophene rings is 1. The van der Waals surface area contributed by atoms with Crippen LogP contribution in [0.2, 0.25) is 0 Å². The third-order valence-corrected chi connectivity index (χ3v) is 10.3. The Labute approximate surface area is 268 Å². The van der Waals surface area contributed by atoms with Crippen LogP contribution in [0.25, 0.3) is 11.1 Å². The molecule has 5 aromatic rings. The Morgan fingerprint density at radius 2 is 1.80 bits per heavy atom.